The van der Waals surface area contributed by atoms with E-state index in [0.29, 0.717) is 17.0 Å². The number of anilines is 1. The van der Waals surface area contributed by atoms with Crippen molar-refractivity contribution in [1.82, 2.24) is 4.98 Å². The van der Waals surface area contributed by atoms with Crippen LogP contribution in [0.25, 0.3) is 0 Å². The Morgan fingerprint density at radius 3 is 2.69 bits per heavy atom. The summed E-state index contributed by atoms with van der Waals surface area (Å²) in [6.45, 7) is 3.68. The van der Waals surface area contributed by atoms with Crippen LogP contribution in [0.3, 0.4) is 0 Å². The number of hydrogen-bond donors (Lipinski definition) is 2. The van der Waals surface area contributed by atoms with Crippen molar-refractivity contribution in [1.29, 1.82) is 0 Å². The van der Waals surface area contributed by atoms with E-state index in [0.717, 1.165) is 0 Å². The fourth-order valence-electron chi connectivity index (χ4n) is 1.02. The van der Waals surface area contributed by atoms with E-state index in [1.54, 1.807) is 6.92 Å². The molecule has 0 saturated heterocycles. The largest absolute Gasteiger partial charge is 0.476 e. The Kier molecular flexibility index (Phi) is 3.50. The van der Waals surface area contributed by atoms with Gasteiger partial charge in [-0.3, -0.25) is 10.3 Å². The Morgan fingerprint density at radius 1 is 1.62 bits per heavy atom. The van der Waals surface area contributed by atoms with E-state index in [4.69, 9.17) is 15.0 Å². The topological polar surface area (TPSA) is 116 Å². The highest BCUT2D eigenvalue weighted by molar-refractivity contribution is 7.80. The molecule has 1 heterocycles. The second kappa shape index (κ2) is 4.49. The van der Waals surface area contributed by atoms with E-state index < -0.39 is 10.4 Å². The summed E-state index contributed by atoms with van der Waals surface area (Å²) < 4.78 is 39.5. The molecule has 0 spiro atoms. The van der Waals surface area contributed by atoms with Gasteiger partial charge in [0.1, 0.15) is 5.69 Å². The average Bonchev–Trinajstić information content (AvgIpc) is 2.10. The first-order valence-electron chi connectivity index (χ1n) is 4.33. The van der Waals surface area contributed by atoms with E-state index in [9.17, 15) is 8.42 Å². The van der Waals surface area contributed by atoms with Crippen molar-refractivity contribution in [2.45, 2.75) is 13.8 Å². The smallest absolute Gasteiger partial charge is 0.466 e. The van der Waals surface area contributed by atoms with Crippen LogP contribution < -0.4 is 19.5 Å². The van der Waals surface area contributed by atoms with Crippen LogP contribution >= 0.6 is 0 Å². The summed E-state index contributed by atoms with van der Waals surface area (Å²) in [6.07, 6.45) is 0. The molecule has 9 heteroatoms. The van der Waals surface area contributed by atoms with Crippen LogP contribution in [-0.4, -0.2) is 24.6 Å². The lowest BCUT2D eigenvalue weighted by Crippen LogP contribution is -2.50. The molecule has 8 nitrogen and oxygen atoms in total. The minimum atomic E-state index is -4.65. The third-order valence-electron chi connectivity index (χ3n) is 1.55. The van der Waals surface area contributed by atoms with Gasteiger partial charge in [0.05, 0.1) is 12.7 Å². The van der Waals surface area contributed by atoms with Gasteiger partial charge in [-0.1, -0.05) is 0 Å². The van der Waals surface area contributed by atoms with Gasteiger partial charge in [0, 0.05) is 0 Å². The van der Waals surface area contributed by atoms with Crippen LogP contribution in [0.5, 0.6) is 5.88 Å². The Morgan fingerprint density at radius 2 is 2.25 bits per heavy atom. The molecule has 0 saturated carbocycles. The molecule has 0 aromatic carbocycles. The number of hydrogen-bond acceptors (Lipinski definition) is 6. The monoisotopic (exact) mass is 250 g/mol. The Bertz CT molecular complexity index is 464. The molecule has 1 rings (SSSR count). The lowest BCUT2D eigenvalue weighted by atomic mass is 10.4. The van der Waals surface area contributed by atoms with Crippen LogP contribution in [0.2, 0.25) is 0 Å². The minimum absolute atomic E-state index is 0.243. The molecule has 0 aliphatic heterocycles. The first-order valence-corrected chi connectivity index (χ1v) is 5.69. The molecule has 0 atom stereocenters. The number of nitrogen functional groups attached to an aromatic ring is 1. The summed E-state index contributed by atoms with van der Waals surface area (Å²) in [5, 5.41) is 0. The number of rotatable bonds is 4. The third kappa shape index (κ3) is 3.21. The second-order valence-electron chi connectivity index (χ2n) is 2.82. The highest BCUT2D eigenvalue weighted by atomic mass is 32.3. The van der Waals surface area contributed by atoms with Crippen LogP contribution in [0.15, 0.2) is 6.07 Å². The van der Waals surface area contributed by atoms with Crippen molar-refractivity contribution in [3.05, 3.63) is 11.8 Å². The second-order valence-corrected chi connectivity index (χ2v) is 3.83. The zero-order chi connectivity index (χ0) is 12.3. The SMILES string of the molecule is CCOc1cc(C)[n+](OS(=O)(=O)O)c(N)n1. The van der Waals surface area contributed by atoms with Crippen LogP contribution in [-0.2, 0) is 10.4 Å². The predicted octanol–water partition coefficient (Wildman–Crippen LogP) is -1.11. The number of ether oxygens (including phenoxy) is 1. The van der Waals surface area contributed by atoms with E-state index in [-0.39, 0.29) is 11.8 Å². The quantitative estimate of drug-likeness (QED) is 0.514. The molecule has 0 fully saturated rings. The maximum absolute atomic E-state index is 10.5. The molecule has 0 aliphatic carbocycles. The fraction of sp³-hybridized carbons (Fsp3) is 0.429. The minimum Gasteiger partial charge on any atom is -0.466 e. The van der Waals surface area contributed by atoms with Gasteiger partial charge in [-0.25, -0.2) is 4.28 Å². The molecule has 90 valence electrons. The third-order valence-corrected chi connectivity index (χ3v) is 1.88. The Labute approximate surface area is 92.5 Å². The number of aryl methyl sites for hydroxylation is 1. The van der Waals surface area contributed by atoms with Gasteiger partial charge in [0.2, 0.25) is 0 Å². The van der Waals surface area contributed by atoms with Crippen LogP contribution in [0.1, 0.15) is 12.6 Å². The zero-order valence-corrected chi connectivity index (χ0v) is 9.56. The highest BCUT2D eigenvalue weighted by Crippen LogP contribution is 2.08. The molecular formula is C7H12N3O5S+. The predicted molar refractivity (Wildman–Crippen MR) is 52.9 cm³/mol. The molecule has 1 aromatic heterocycles. The molecule has 3 N–H and O–H groups in total. The molecule has 0 amide bonds. The van der Waals surface area contributed by atoms with Gasteiger partial charge in [0.15, 0.2) is 0 Å². The zero-order valence-electron chi connectivity index (χ0n) is 8.74. The van der Waals surface area contributed by atoms with Crippen LogP contribution in [0, 0.1) is 6.92 Å². The molecule has 0 radical (unpaired) electrons. The van der Waals surface area contributed by atoms with E-state index in [1.165, 1.54) is 13.0 Å². The van der Waals surface area contributed by atoms with Gasteiger partial charge in [0.25, 0.3) is 5.88 Å². The summed E-state index contributed by atoms with van der Waals surface area (Å²) in [5.74, 6) is -0.00578. The first kappa shape index (κ1) is 12.5. The maximum atomic E-state index is 10.5. The van der Waals surface area contributed by atoms with Gasteiger partial charge < -0.3 is 4.74 Å². The Hall–Kier alpha value is -1.61. The van der Waals surface area contributed by atoms with E-state index in [2.05, 4.69) is 9.27 Å². The lowest BCUT2D eigenvalue weighted by Gasteiger charge is -2.05. The summed E-state index contributed by atoms with van der Waals surface area (Å²) in [4.78, 5) is 3.73. The van der Waals surface area contributed by atoms with Crippen molar-refractivity contribution >= 4 is 16.3 Å². The summed E-state index contributed by atoms with van der Waals surface area (Å²) in [5.41, 5.74) is 5.74. The van der Waals surface area contributed by atoms with Crippen molar-refractivity contribution < 1.29 is 26.7 Å². The molecule has 0 bridgehead atoms. The van der Waals surface area contributed by atoms with Crippen LogP contribution in [0.4, 0.5) is 5.95 Å². The first-order chi connectivity index (χ1) is 7.33. The molecule has 1 aromatic rings. The van der Waals surface area contributed by atoms with Gasteiger partial charge >= 0.3 is 16.3 Å². The van der Waals surface area contributed by atoms with Crippen molar-refractivity contribution in [3.8, 4) is 5.88 Å². The summed E-state index contributed by atoms with van der Waals surface area (Å²) in [7, 11) is -4.65. The van der Waals surface area contributed by atoms with Gasteiger partial charge in [-0.15, -0.1) is 0 Å². The number of nitrogens with two attached hydrogens (primary N) is 1. The number of aromatic nitrogens is 2. The standard InChI is InChI=1S/C7H11N3O5S/c1-3-14-6-4-5(2)10(7(8)9-6)15-16(11,12)13/h4,8H,3H2,1-2H3,(H,11,12,13)/p+1. The molecular weight excluding hydrogens is 238 g/mol. The van der Waals surface area contributed by atoms with Gasteiger partial charge in [-0.2, -0.15) is 8.42 Å². The summed E-state index contributed by atoms with van der Waals surface area (Å²) >= 11 is 0. The maximum Gasteiger partial charge on any atom is 0.476 e. The van der Waals surface area contributed by atoms with Crippen molar-refractivity contribution in [2.75, 3.05) is 12.3 Å². The molecule has 0 aliphatic rings. The fourth-order valence-corrected chi connectivity index (χ4v) is 1.40. The Balaban J connectivity index is 3.12. The van der Waals surface area contributed by atoms with Gasteiger partial charge in [-0.05, 0) is 23.6 Å². The molecule has 16 heavy (non-hydrogen) atoms. The van der Waals surface area contributed by atoms with E-state index in [1.807, 2.05) is 0 Å². The van der Waals surface area contributed by atoms with E-state index >= 15 is 0 Å². The molecule has 0 unspecified atom stereocenters. The average molecular weight is 250 g/mol. The lowest BCUT2D eigenvalue weighted by molar-refractivity contribution is -0.851. The normalized spacial score (nSPS) is 11.2. The van der Waals surface area contributed by atoms with Crippen molar-refractivity contribution in [3.63, 3.8) is 0 Å². The number of nitrogens with zero attached hydrogens (tertiary/aromatic N) is 2. The summed E-state index contributed by atoms with van der Waals surface area (Å²) in [6, 6.07) is 1.42. The highest BCUT2D eigenvalue weighted by Gasteiger charge is 2.20. The van der Waals surface area contributed by atoms with Crippen molar-refractivity contribution in [2.24, 2.45) is 0 Å².